The molecule has 0 unspecified atom stereocenters. The van der Waals surface area contributed by atoms with Crippen LogP contribution < -0.4 is 0 Å². The number of hydrogen-bond donors (Lipinski definition) is 5. The number of rotatable bonds is 1. The van der Waals surface area contributed by atoms with Crippen LogP contribution in [-0.4, -0.2) is 56.9 Å². The van der Waals surface area contributed by atoms with Crippen LogP contribution in [0.15, 0.2) is 0 Å². The Morgan fingerprint density at radius 2 is 1.75 bits per heavy atom. The minimum atomic E-state index is -1.40. The Hall–Kier alpha value is 0.150. The van der Waals surface area contributed by atoms with Gasteiger partial charge >= 0.3 is 0 Å². The standard InChI is InChI=1S/C6H12O5S/c7-1-2-3(8)5(12)4(9)6(10)11-2/h2-10,12H,1H2/t2-,3-,4-,5-,6+/m0/s1. The van der Waals surface area contributed by atoms with Crippen molar-refractivity contribution in [3.05, 3.63) is 0 Å². The number of ether oxygens (including phenoxy) is 1. The van der Waals surface area contributed by atoms with Gasteiger partial charge in [-0.15, -0.1) is 0 Å². The highest BCUT2D eigenvalue weighted by Crippen LogP contribution is 2.23. The average Bonchev–Trinajstić information content (AvgIpc) is 2.08. The Labute approximate surface area is 75.0 Å². The first kappa shape index (κ1) is 10.2. The van der Waals surface area contributed by atoms with Crippen molar-refractivity contribution in [3.63, 3.8) is 0 Å². The van der Waals surface area contributed by atoms with Crippen molar-refractivity contribution >= 4 is 12.6 Å². The zero-order valence-electron chi connectivity index (χ0n) is 6.24. The first-order valence-electron chi connectivity index (χ1n) is 3.56. The number of thiol groups is 1. The first-order chi connectivity index (χ1) is 5.57. The van der Waals surface area contributed by atoms with Crippen LogP contribution in [0.25, 0.3) is 0 Å². The van der Waals surface area contributed by atoms with Gasteiger partial charge in [0.25, 0.3) is 0 Å². The summed E-state index contributed by atoms with van der Waals surface area (Å²) >= 11 is 3.87. The molecule has 1 fully saturated rings. The van der Waals surface area contributed by atoms with Crippen LogP contribution in [-0.2, 0) is 4.74 Å². The maximum Gasteiger partial charge on any atom is 0.182 e. The molecule has 72 valence electrons. The van der Waals surface area contributed by atoms with Crippen molar-refractivity contribution in [1.29, 1.82) is 0 Å². The molecule has 1 saturated heterocycles. The summed E-state index contributed by atoms with van der Waals surface area (Å²) in [4.78, 5) is 0. The van der Waals surface area contributed by atoms with E-state index in [-0.39, 0.29) is 0 Å². The van der Waals surface area contributed by atoms with E-state index in [0.29, 0.717) is 0 Å². The molecular weight excluding hydrogens is 184 g/mol. The molecule has 0 aromatic carbocycles. The van der Waals surface area contributed by atoms with Gasteiger partial charge in [-0.25, -0.2) is 0 Å². The van der Waals surface area contributed by atoms with Gasteiger partial charge in [0, 0.05) is 0 Å². The van der Waals surface area contributed by atoms with E-state index in [4.69, 9.17) is 15.3 Å². The van der Waals surface area contributed by atoms with Gasteiger partial charge in [-0.1, -0.05) is 0 Å². The predicted octanol–water partition coefficient (Wildman–Crippen LogP) is -2.28. The van der Waals surface area contributed by atoms with E-state index in [9.17, 15) is 5.11 Å². The summed E-state index contributed by atoms with van der Waals surface area (Å²) in [6.45, 7) is -0.415. The van der Waals surface area contributed by atoms with Crippen LogP contribution in [0.2, 0.25) is 0 Å². The monoisotopic (exact) mass is 196 g/mol. The molecule has 6 heteroatoms. The third-order valence-corrected chi connectivity index (χ3v) is 2.48. The zero-order chi connectivity index (χ0) is 9.30. The van der Waals surface area contributed by atoms with E-state index >= 15 is 0 Å². The van der Waals surface area contributed by atoms with E-state index in [1.807, 2.05) is 0 Å². The molecule has 12 heavy (non-hydrogen) atoms. The van der Waals surface area contributed by atoms with E-state index in [1.54, 1.807) is 0 Å². The van der Waals surface area contributed by atoms with Gasteiger partial charge in [0.05, 0.1) is 18.0 Å². The number of aliphatic hydroxyl groups is 4. The molecule has 0 aromatic rings. The second kappa shape index (κ2) is 3.91. The minimum absolute atomic E-state index is 0.415. The van der Waals surface area contributed by atoms with Crippen molar-refractivity contribution in [1.82, 2.24) is 0 Å². The Bertz CT molecular complexity index is 150. The summed E-state index contributed by atoms with van der Waals surface area (Å²) in [5.74, 6) is 0. The highest BCUT2D eigenvalue weighted by Gasteiger charge is 2.41. The second-order valence-electron chi connectivity index (χ2n) is 2.72. The van der Waals surface area contributed by atoms with Crippen LogP contribution in [0.5, 0.6) is 0 Å². The summed E-state index contributed by atoms with van der Waals surface area (Å²) in [5.41, 5.74) is 0. The summed E-state index contributed by atoms with van der Waals surface area (Å²) < 4.78 is 4.69. The van der Waals surface area contributed by atoms with E-state index in [0.717, 1.165) is 0 Å². The van der Waals surface area contributed by atoms with Crippen molar-refractivity contribution in [3.8, 4) is 0 Å². The topological polar surface area (TPSA) is 90.2 Å². The lowest BCUT2D eigenvalue weighted by Gasteiger charge is -2.37. The van der Waals surface area contributed by atoms with Crippen LogP contribution in [0.3, 0.4) is 0 Å². The van der Waals surface area contributed by atoms with E-state index < -0.39 is 36.5 Å². The fourth-order valence-corrected chi connectivity index (χ4v) is 1.42. The smallest absolute Gasteiger partial charge is 0.182 e. The van der Waals surface area contributed by atoms with Gasteiger partial charge in [0.2, 0.25) is 0 Å². The lowest BCUT2D eigenvalue weighted by Crippen LogP contribution is -2.56. The molecule has 5 atom stereocenters. The van der Waals surface area contributed by atoms with Crippen molar-refractivity contribution in [2.24, 2.45) is 0 Å². The summed E-state index contributed by atoms with van der Waals surface area (Å²) in [6, 6.07) is 0. The van der Waals surface area contributed by atoms with Gasteiger partial charge in [-0.3, -0.25) is 0 Å². The summed E-state index contributed by atoms with van der Waals surface area (Å²) in [6.07, 6.45) is -4.58. The molecule has 0 aromatic heterocycles. The lowest BCUT2D eigenvalue weighted by molar-refractivity contribution is -0.247. The van der Waals surface area contributed by atoms with Crippen molar-refractivity contribution in [2.75, 3.05) is 6.61 Å². The Kier molecular flexibility index (Phi) is 3.33. The third kappa shape index (κ3) is 1.73. The SMILES string of the molecule is OC[C@@H]1O[C@@H](O)[C@@H](O)[C@@H](S)[C@H]1O. The largest absolute Gasteiger partial charge is 0.394 e. The highest BCUT2D eigenvalue weighted by molar-refractivity contribution is 7.81. The Morgan fingerprint density at radius 3 is 2.25 bits per heavy atom. The predicted molar refractivity (Wildman–Crippen MR) is 42.8 cm³/mol. The molecule has 0 radical (unpaired) electrons. The molecule has 1 aliphatic rings. The molecule has 0 aliphatic carbocycles. The summed E-state index contributed by atoms with van der Waals surface area (Å²) in [5, 5.41) is 35.3. The van der Waals surface area contributed by atoms with Gasteiger partial charge in [0.15, 0.2) is 6.29 Å². The fraction of sp³-hybridized carbons (Fsp3) is 1.00. The third-order valence-electron chi connectivity index (χ3n) is 1.87. The van der Waals surface area contributed by atoms with Gasteiger partial charge < -0.3 is 25.2 Å². The minimum Gasteiger partial charge on any atom is -0.394 e. The molecule has 0 saturated carbocycles. The zero-order valence-corrected chi connectivity index (χ0v) is 7.13. The van der Waals surface area contributed by atoms with Crippen LogP contribution in [0.1, 0.15) is 0 Å². The van der Waals surface area contributed by atoms with Crippen LogP contribution in [0.4, 0.5) is 0 Å². The highest BCUT2D eigenvalue weighted by atomic mass is 32.1. The maximum absolute atomic E-state index is 9.29. The van der Waals surface area contributed by atoms with Gasteiger partial charge in [-0.2, -0.15) is 12.6 Å². The maximum atomic E-state index is 9.29. The van der Waals surface area contributed by atoms with Crippen molar-refractivity contribution in [2.45, 2.75) is 29.9 Å². The molecule has 5 nitrogen and oxygen atoms in total. The quantitative estimate of drug-likeness (QED) is 0.305. The average molecular weight is 196 g/mol. The molecule has 1 aliphatic heterocycles. The second-order valence-corrected chi connectivity index (χ2v) is 3.32. The van der Waals surface area contributed by atoms with Crippen LogP contribution >= 0.6 is 12.6 Å². The normalized spacial score (nSPS) is 49.2. The first-order valence-corrected chi connectivity index (χ1v) is 4.08. The molecular formula is C6H12O5S. The Morgan fingerprint density at radius 1 is 1.17 bits per heavy atom. The molecule has 4 N–H and O–H groups in total. The number of hydrogen-bond acceptors (Lipinski definition) is 6. The lowest BCUT2D eigenvalue weighted by atomic mass is 10.0. The molecule has 1 heterocycles. The fourth-order valence-electron chi connectivity index (χ4n) is 1.08. The molecule has 1 rings (SSSR count). The van der Waals surface area contributed by atoms with Crippen molar-refractivity contribution < 1.29 is 25.2 Å². The number of aliphatic hydroxyl groups excluding tert-OH is 4. The molecule has 0 bridgehead atoms. The van der Waals surface area contributed by atoms with Crippen LogP contribution in [0, 0.1) is 0 Å². The van der Waals surface area contributed by atoms with E-state index in [1.165, 1.54) is 0 Å². The van der Waals surface area contributed by atoms with Gasteiger partial charge in [-0.05, 0) is 0 Å². The van der Waals surface area contributed by atoms with Gasteiger partial charge in [0.1, 0.15) is 12.2 Å². The molecule has 0 spiro atoms. The molecule has 0 amide bonds. The van der Waals surface area contributed by atoms with E-state index in [2.05, 4.69) is 17.4 Å². The Balaban J connectivity index is 2.63. The summed E-state index contributed by atoms with van der Waals surface area (Å²) in [7, 11) is 0.